The predicted molar refractivity (Wildman–Crippen MR) is 97.5 cm³/mol. The number of benzene rings is 2. The Labute approximate surface area is 151 Å². The van der Waals surface area contributed by atoms with E-state index in [2.05, 4.69) is 0 Å². The second-order valence-electron chi connectivity index (χ2n) is 6.56. The fourth-order valence-corrected chi connectivity index (χ4v) is 4.27. The van der Waals surface area contributed by atoms with Crippen LogP contribution in [0, 0.1) is 0 Å². The summed E-state index contributed by atoms with van der Waals surface area (Å²) >= 11 is 1.57. The summed E-state index contributed by atoms with van der Waals surface area (Å²) < 4.78 is 6.20. The number of ketones is 1. The highest BCUT2D eigenvalue weighted by molar-refractivity contribution is 7.98. The highest BCUT2D eigenvalue weighted by Gasteiger charge is 2.47. The van der Waals surface area contributed by atoms with Crippen LogP contribution in [0.15, 0.2) is 53.4 Å². The van der Waals surface area contributed by atoms with Gasteiger partial charge in [-0.3, -0.25) is 9.59 Å². The molecule has 2 heterocycles. The Kier molecular flexibility index (Phi) is 4.04. The van der Waals surface area contributed by atoms with E-state index in [1.165, 1.54) is 0 Å². The summed E-state index contributed by atoms with van der Waals surface area (Å²) in [5, 5.41) is 0. The molecule has 1 amide bonds. The number of rotatable bonds is 2. The summed E-state index contributed by atoms with van der Waals surface area (Å²) in [6, 6.07) is 15.0. The minimum Gasteiger partial charge on any atom is -0.484 e. The first-order valence-corrected chi connectivity index (χ1v) is 9.58. The number of nitrogens with zero attached hydrogens (tertiary/aromatic N) is 1. The maximum atomic E-state index is 13.0. The van der Waals surface area contributed by atoms with Crippen molar-refractivity contribution in [1.29, 1.82) is 0 Å². The zero-order valence-electron chi connectivity index (χ0n) is 14.0. The average molecular weight is 353 g/mol. The molecule has 0 radical (unpaired) electrons. The highest BCUT2D eigenvalue weighted by Crippen LogP contribution is 2.39. The fourth-order valence-electron chi connectivity index (χ4n) is 3.68. The van der Waals surface area contributed by atoms with Crippen LogP contribution in [0.25, 0.3) is 0 Å². The summed E-state index contributed by atoms with van der Waals surface area (Å²) in [6.45, 7) is 1.06. The number of carbonyl (C=O) groups excluding carboxylic acids is 2. The third kappa shape index (κ3) is 2.82. The van der Waals surface area contributed by atoms with Crippen molar-refractivity contribution in [3.63, 3.8) is 0 Å². The van der Waals surface area contributed by atoms with Crippen LogP contribution in [0.4, 0.5) is 0 Å². The van der Waals surface area contributed by atoms with Gasteiger partial charge in [-0.15, -0.1) is 11.8 Å². The molecule has 1 spiro atoms. The SMILES string of the molecule is CSc1ccccc1C(=O)N1CCC2(CC(=O)c3ccccc3O2)C1. The van der Waals surface area contributed by atoms with E-state index < -0.39 is 5.60 Å². The lowest BCUT2D eigenvalue weighted by atomic mass is 9.89. The van der Waals surface area contributed by atoms with Crippen LogP contribution >= 0.6 is 11.8 Å². The molecule has 1 atom stereocenters. The van der Waals surface area contributed by atoms with E-state index in [9.17, 15) is 9.59 Å². The van der Waals surface area contributed by atoms with Crippen molar-refractivity contribution in [2.24, 2.45) is 0 Å². The van der Waals surface area contributed by atoms with Crippen molar-refractivity contribution in [3.05, 3.63) is 59.7 Å². The van der Waals surface area contributed by atoms with Crippen molar-refractivity contribution in [1.82, 2.24) is 4.90 Å². The fraction of sp³-hybridized carbons (Fsp3) is 0.300. The van der Waals surface area contributed by atoms with E-state index in [1.54, 1.807) is 17.8 Å². The molecule has 1 saturated heterocycles. The monoisotopic (exact) mass is 353 g/mol. The molecule has 0 bridgehead atoms. The molecule has 0 aliphatic carbocycles. The Morgan fingerprint density at radius 1 is 1.16 bits per heavy atom. The lowest BCUT2D eigenvalue weighted by Crippen LogP contribution is -2.45. The molecule has 1 fully saturated rings. The zero-order chi connectivity index (χ0) is 17.4. The first-order valence-electron chi connectivity index (χ1n) is 8.35. The van der Waals surface area contributed by atoms with Gasteiger partial charge in [0.1, 0.15) is 11.4 Å². The molecule has 2 aliphatic heterocycles. The Bertz CT molecular complexity index is 850. The van der Waals surface area contributed by atoms with Crippen LogP contribution in [0.5, 0.6) is 5.75 Å². The number of thioether (sulfide) groups is 1. The summed E-state index contributed by atoms with van der Waals surface area (Å²) in [5.74, 6) is 0.745. The standard InChI is InChI=1S/C20H19NO3S/c1-25-18-9-5-3-7-15(18)19(23)21-11-10-20(13-21)12-16(22)14-6-2-4-8-17(14)24-20/h2-9H,10-13H2,1H3. The van der Waals surface area contributed by atoms with Gasteiger partial charge in [-0.1, -0.05) is 24.3 Å². The van der Waals surface area contributed by atoms with E-state index in [-0.39, 0.29) is 11.7 Å². The van der Waals surface area contributed by atoms with E-state index in [4.69, 9.17) is 4.74 Å². The molecule has 0 aromatic heterocycles. The van der Waals surface area contributed by atoms with Gasteiger partial charge in [0.05, 0.1) is 24.1 Å². The molecule has 2 aromatic carbocycles. The number of fused-ring (bicyclic) bond motifs is 1. The molecule has 4 rings (SSSR count). The number of hydrogen-bond donors (Lipinski definition) is 0. The van der Waals surface area contributed by atoms with Crippen molar-refractivity contribution in [2.45, 2.75) is 23.3 Å². The molecule has 0 N–H and O–H groups in total. The summed E-state index contributed by atoms with van der Waals surface area (Å²) in [5.41, 5.74) is 0.773. The molecule has 128 valence electrons. The Morgan fingerprint density at radius 2 is 1.92 bits per heavy atom. The normalized spacial score (nSPS) is 22.0. The maximum Gasteiger partial charge on any atom is 0.255 e. The molecule has 5 heteroatoms. The number of Topliss-reactive ketones (excluding diaryl/α,β-unsaturated/α-hetero) is 1. The van der Waals surface area contributed by atoms with Gasteiger partial charge < -0.3 is 9.64 Å². The Balaban J connectivity index is 1.58. The van der Waals surface area contributed by atoms with Gasteiger partial charge in [-0.05, 0) is 30.5 Å². The average Bonchev–Trinajstić information content (AvgIpc) is 3.04. The van der Waals surface area contributed by atoms with Gasteiger partial charge in [-0.2, -0.15) is 0 Å². The highest BCUT2D eigenvalue weighted by atomic mass is 32.2. The van der Waals surface area contributed by atoms with Gasteiger partial charge in [-0.25, -0.2) is 0 Å². The first-order chi connectivity index (χ1) is 12.1. The van der Waals surface area contributed by atoms with Crippen LogP contribution in [-0.4, -0.2) is 41.5 Å². The van der Waals surface area contributed by atoms with Crippen molar-refractivity contribution >= 4 is 23.5 Å². The van der Waals surface area contributed by atoms with Gasteiger partial charge in [0.25, 0.3) is 5.91 Å². The summed E-state index contributed by atoms with van der Waals surface area (Å²) in [7, 11) is 0. The minimum absolute atomic E-state index is 0.0109. The number of likely N-dealkylation sites (tertiary alicyclic amines) is 1. The Hall–Kier alpha value is -2.27. The molecular weight excluding hydrogens is 334 g/mol. The third-order valence-corrected chi connectivity index (χ3v) is 5.73. The maximum absolute atomic E-state index is 13.0. The van der Waals surface area contributed by atoms with Gasteiger partial charge in [0.2, 0.25) is 0 Å². The largest absolute Gasteiger partial charge is 0.484 e. The van der Waals surface area contributed by atoms with Crippen LogP contribution in [-0.2, 0) is 0 Å². The molecule has 2 aromatic rings. The minimum atomic E-state index is -0.588. The van der Waals surface area contributed by atoms with E-state index in [0.29, 0.717) is 37.2 Å². The summed E-state index contributed by atoms with van der Waals surface area (Å²) in [4.78, 5) is 28.2. The number of ether oxygens (including phenoxy) is 1. The van der Waals surface area contributed by atoms with Crippen LogP contribution < -0.4 is 4.74 Å². The lowest BCUT2D eigenvalue weighted by Gasteiger charge is -2.34. The molecular formula is C20H19NO3S. The van der Waals surface area contributed by atoms with E-state index in [0.717, 1.165) is 10.5 Å². The van der Waals surface area contributed by atoms with Crippen LogP contribution in [0.3, 0.4) is 0 Å². The molecule has 0 saturated carbocycles. The number of hydrogen-bond acceptors (Lipinski definition) is 4. The van der Waals surface area contributed by atoms with Gasteiger partial charge >= 0.3 is 0 Å². The molecule has 2 aliphatic rings. The second-order valence-corrected chi connectivity index (χ2v) is 7.41. The lowest BCUT2D eigenvalue weighted by molar-refractivity contribution is 0.0427. The molecule has 25 heavy (non-hydrogen) atoms. The Morgan fingerprint density at radius 3 is 2.76 bits per heavy atom. The zero-order valence-corrected chi connectivity index (χ0v) is 14.8. The van der Waals surface area contributed by atoms with Crippen molar-refractivity contribution in [3.8, 4) is 5.75 Å². The smallest absolute Gasteiger partial charge is 0.255 e. The topological polar surface area (TPSA) is 46.6 Å². The van der Waals surface area contributed by atoms with Crippen molar-refractivity contribution < 1.29 is 14.3 Å². The van der Waals surface area contributed by atoms with Crippen molar-refractivity contribution in [2.75, 3.05) is 19.3 Å². The molecule has 1 unspecified atom stereocenters. The number of carbonyl (C=O) groups is 2. The van der Waals surface area contributed by atoms with E-state index >= 15 is 0 Å². The predicted octanol–water partition coefficient (Wildman–Crippen LogP) is 3.66. The quantitative estimate of drug-likeness (QED) is 0.773. The van der Waals surface area contributed by atoms with Crippen LogP contribution in [0.2, 0.25) is 0 Å². The van der Waals surface area contributed by atoms with Gasteiger partial charge in [0.15, 0.2) is 5.78 Å². The first kappa shape index (κ1) is 16.2. The van der Waals surface area contributed by atoms with Crippen LogP contribution in [0.1, 0.15) is 33.6 Å². The second kappa shape index (κ2) is 6.23. The molecule has 4 nitrogen and oxygen atoms in total. The number of para-hydroxylation sites is 1. The van der Waals surface area contributed by atoms with E-state index in [1.807, 2.05) is 53.6 Å². The summed E-state index contributed by atoms with van der Waals surface area (Å²) in [6.07, 6.45) is 2.98. The number of amides is 1. The third-order valence-electron chi connectivity index (χ3n) is 4.94. The van der Waals surface area contributed by atoms with Gasteiger partial charge in [0, 0.05) is 17.9 Å².